The Labute approximate surface area is 238 Å². The van der Waals surface area contributed by atoms with E-state index in [0.717, 1.165) is 5.56 Å². The second-order valence-electron chi connectivity index (χ2n) is 10.2. The summed E-state index contributed by atoms with van der Waals surface area (Å²) in [5.74, 6) is -0.511. The van der Waals surface area contributed by atoms with Crippen LogP contribution in [0.3, 0.4) is 0 Å². The second-order valence-corrected chi connectivity index (χ2v) is 13.2. The molecule has 0 spiro atoms. The summed E-state index contributed by atoms with van der Waals surface area (Å²) in [5, 5.41) is 24.8. The number of aliphatic hydroxyl groups is 1. The average Bonchev–Trinajstić information content (AvgIpc) is 3.29. The van der Waals surface area contributed by atoms with Gasteiger partial charge < -0.3 is 21.3 Å². The smallest absolute Gasteiger partial charge is 0.252 e. The number of aromatic hydroxyl groups is 1. The third-order valence-electron chi connectivity index (χ3n) is 6.60. The van der Waals surface area contributed by atoms with Crippen LogP contribution in [0.15, 0.2) is 71.6 Å². The minimum absolute atomic E-state index is 0.0123. The predicted octanol–water partition coefficient (Wildman–Crippen LogP) is 3.94. The van der Waals surface area contributed by atoms with Crippen molar-refractivity contribution in [3.8, 4) is 5.75 Å². The molecule has 0 fully saturated rings. The number of nitrogens with two attached hydrogens (primary N) is 1. The van der Waals surface area contributed by atoms with Crippen molar-refractivity contribution in [1.82, 2.24) is 14.6 Å². The van der Waals surface area contributed by atoms with E-state index in [-0.39, 0.29) is 41.6 Å². The molecule has 40 heavy (non-hydrogen) atoms. The molecule has 1 amide bonds. The topological polar surface area (TPSA) is 146 Å². The van der Waals surface area contributed by atoms with E-state index in [1.807, 2.05) is 44.2 Å². The summed E-state index contributed by atoms with van der Waals surface area (Å²) in [7, 11) is -4.01. The summed E-state index contributed by atoms with van der Waals surface area (Å²) in [6.07, 6.45) is -0.967. The maximum atomic E-state index is 13.8. The number of hydrogen-bond acceptors (Lipinski definition) is 8. The summed E-state index contributed by atoms with van der Waals surface area (Å²) in [6, 6.07) is 17.8. The van der Waals surface area contributed by atoms with Crippen molar-refractivity contribution in [3.63, 3.8) is 0 Å². The maximum absolute atomic E-state index is 13.8. The highest BCUT2D eigenvalue weighted by Gasteiger charge is 2.32. The van der Waals surface area contributed by atoms with Crippen LogP contribution in [0.1, 0.15) is 35.3 Å². The highest BCUT2D eigenvalue weighted by Crippen LogP contribution is 2.28. The Morgan fingerprint density at radius 1 is 1.07 bits per heavy atom. The van der Waals surface area contributed by atoms with Crippen LogP contribution < -0.4 is 11.1 Å². The predicted molar refractivity (Wildman–Crippen MR) is 158 cm³/mol. The summed E-state index contributed by atoms with van der Waals surface area (Å²) in [4.78, 5) is 17.5. The first-order chi connectivity index (χ1) is 19.0. The van der Waals surface area contributed by atoms with E-state index in [9.17, 15) is 23.4 Å². The lowest BCUT2D eigenvalue weighted by molar-refractivity contribution is 0.0775. The molecule has 1 aromatic heterocycles. The third kappa shape index (κ3) is 6.79. The number of carbonyl (C=O) groups excluding carboxylic acids is 1. The van der Waals surface area contributed by atoms with Crippen LogP contribution in [-0.4, -0.2) is 59.1 Å². The number of phenolic OH excluding ortho intramolecular Hbond substituents is 1. The monoisotopic (exact) mass is 582 g/mol. The molecule has 4 aromatic rings. The zero-order valence-electron chi connectivity index (χ0n) is 22.6. The van der Waals surface area contributed by atoms with Crippen molar-refractivity contribution in [2.75, 3.05) is 18.8 Å². The number of thiazole rings is 1. The highest BCUT2D eigenvalue weighted by molar-refractivity contribution is 7.89. The fourth-order valence-corrected chi connectivity index (χ4v) is 7.01. The highest BCUT2D eigenvalue weighted by atomic mass is 32.2. The zero-order chi connectivity index (χ0) is 29.0. The number of nitrogens with zero attached hydrogens (tertiary/aromatic N) is 2. The number of fused-ring (bicyclic) bond motifs is 1. The van der Waals surface area contributed by atoms with Crippen LogP contribution >= 0.6 is 11.3 Å². The Morgan fingerprint density at radius 2 is 1.80 bits per heavy atom. The van der Waals surface area contributed by atoms with Crippen molar-refractivity contribution >= 4 is 42.6 Å². The number of sulfonamides is 1. The summed E-state index contributed by atoms with van der Waals surface area (Å²) >= 11 is 1.20. The molecule has 3 aromatic carbocycles. The van der Waals surface area contributed by atoms with Gasteiger partial charge in [-0.2, -0.15) is 4.31 Å². The fourth-order valence-electron chi connectivity index (χ4n) is 4.51. The van der Waals surface area contributed by atoms with Gasteiger partial charge >= 0.3 is 0 Å². The van der Waals surface area contributed by atoms with Crippen molar-refractivity contribution in [1.29, 1.82) is 0 Å². The molecular weight excluding hydrogens is 548 g/mol. The quantitative estimate of drug-likeness (QED) is 0.210. The summed E-state index contributed by atoms with van der Waals surface area (Å²) in [5.41, 5.74) is 7.97. The first-order valence-electron chi connectivity index (χ1n) is 12.9. The van der Waals surface area contributed by atoms with Gasteiger partial charge in [0, 0.05) is 24.2 Å². The molecule has 0 aliphatic heterocycles. The number of rotatable bonds is 11. The Kier molecular flexibility index (Phi) is 9.09. The fraction of sp³-hybridized carbons (Fsp3) is 0.310. The van der Waals surface area contributed by atoms with E-state index in [0.29, 0.717) is 20.9 Å². The number of anilines is 1. The normalized spacial score (nSPS) is 13.6. The van der Waals surface area contributed by atoms with Gasteiger partial charge in [-0.3, -0.25) is 4.79 Å². The number of amides is 1. The molecule has 0 radical (unpaired) electrons. The minimum Gasteiger partial charge on any atom is -0.508 e. The minimum atomic E-state index is -4.01. The number of nitrogen functional groups attached to an aromatic ring is 1. The van der Waals surface area contributed by atoms with Crippen molar-refractivity contribution in [2.45, 2.75) is 44.2 Å². The molecule has 0 aliphatic rings. The van der Waals surface area contributed by atoms with Gasteiger partial charge in [0.05, 0.1) is 27.3 Å². The van der Waals surface area contributed by atoms with Crippen LogP contribution in [-0.2, 0) is 16.4 Å². The van der Waals surface area contributed by atoms with Crippen LogP contribution in [0.4, 0.5) is 5.13 Å². The molecule has 2 unspecified atom stereocenters. The lowest BCUT2D eigenvalue weighted by Crippen LogP contribution is -2.51. The van der Waals surface area contributed by atoms with E-state index < -0.39 is 28.1 Å². The number of nitrogens with one attached hydrogen (secondary N) is 1. The van der Waals surface area contributed by atoms with E-state index in [1.165, 1.54) is 27.8 Å². The first-order valence-corrected chi connectivity index (χ1v) is 15.2. The maximum Gasteiger partial charge on any atom is 0.252 e. The van der Waals surface area contributed by atoms with Crippen molar-refractivity contribution in [2.24, 2.45) is 5.92 Å². The molecule has 1 heterocycles. The Balaban J connectivity index is 1.64. The van der Waals surface area contributed by atoms with Gasteiger partial charge in [-0.15, -0.1) is 0 Å². The van der Waals surface area contributed by atoms with E-state index >= 15 is 0 Å². The molecule has 4 rings (SSSR count). The first kappa shape index (κ1) is 29.5. The van der Waals surface area contributed by atoms with Gasteiger partial charge in [-0.1, -0.05) is 61.6 Å². The van der Waals surface area contributed by atoms with E-state index in [1.54, 1.807) is 31.2 Å². The molecule has 0 saturated carbocycles. The number of benzene rings is 3. The van der Waals surface area contributed by atoms with Crippen LogP contribution in [0.2, 0.25) is 0 Å². The lowest BCUT2D eigenvalue weighted by Gasteiger charge is -2.31. The average molecular weight is 583 g/mol. The number of aromatic nitrogens is 1. The SMILES string of the molecule is Cc1c(O)cccc1C(=O)NC(Cc1ccccc1)C(O)CN(CC(C)C)S(=O)(=O)c1ccc2nc(N)sc2c1. The van der Waals surface area contributed by atoms with Crippen molar-refractivity contribution < 1.29 is 23.4 Å². The van der Waals surface area contributed by atoms with E-state index in [4.69, 9.17) is 5.73 Å². The van der Waals surface area contributed by atoms with Gasteiger partial charge in [-0.05, 0) is 55.2 Å². The van der Waals surface area contributed by atoms with Crippen molar-refractivity contribution in [3.05, 3.63) is 83.4 Å². The molecule has 0 aliphatic carbocycles. The molecule has 0 bridgehead atoms. The molecule has 2 atom stereocenters. The Bertz CT molecular complexity index is 1590. The van der Waals surface area contributed by atoms with Gasteiger partial charge in [0.15, 0.2) is 5.13 Å². The van der Waals surface area contributed by atoms with Gasteiger partial charge in [0.25, 0.3) is 5.91 Å². The molecule has 212 valence electrons. The second kappa shape index (κ2) is 12.3. The largest absolute Gasteiger partial charge is 0.508 e. The van der Waals surface area contributed by atoms with Gasteiger partial charge in [0.1, 0.15) is 5.75 Å². The van der Waals surface area contributed by atoms with Crippen LogP contribution in [0.25, 0.3) is 10.2 Å². The number of hydrogen-bond donors (Lipinski definition) is 4. The van der Waals surface area contributed by atoms with Gasteiger partial charge in [-0.25, -0.2) is 13.4 Å². The summed E-state index contributed by atoms with van der Waals surface area (Å²) < 4.78 is 29.5. The standard InChI is InChI=1S/C29H34N4O5S2/c1-18(2)16-33(40(37,38)21-12-13-23-27(15-21)39-29(30)32-23)17-26(35)24(14-20-8-5-4-6-9-20)31-28(36)22-10-7-11-25(34)19(22)3/h4-13,15,18,24,26,34-35H,14,16-17H2,1-3H3,(H2,30,32)(H,31,36). The Hall–Kier alpha value is -3.51. The van der Waals surface area contributed by atoms with Crippen LogP contribution in [0.5, 0.6) is 5.75 Å². The molecule has 0 saturated heterocycles. The lowest BCUT2D eigenvalue weighted by atomic mass is 9.99. The number of carbonyl (C=O) groups is 1. The van der Waals surface area contributed by atoms with E-state index in [2.05, 4.69) is 10.3 Å². The zero-order valence-corrected chi connectivity index (χ0v) is 24.2. The molecule has 11 heteroatoms. The van der Waals surface area contributed by atoms with Crippen LogP contribution in [0, 0.1) is 12.8 Å². The Morgan fingerprint density at radius 3 is 2.50 bits per heavy atom. The van der Waals surface area contributed by atoms with Gasteiger partial charge in [0.2, 0.25) is 10.0 Å². The molecular formula is C29H34N4O5S2. The number of aliphatic hydroxyl groups excluding tert-OH is 1. The summed E-state index contributed by atoms with van der Waals surface area (Å²) in [6.45, 7) is 5.36. The molecule has 9 nitrogen and oxygen atoms in total. The molecule has 5 N–H and O–H groups in total. The number of phenols is 1. The third-order valence-corrected chi connectivity index (χ3v) is 9.28.